The van der Waals surface area contributed by atoms with E-state index in [1.165, 1.54) is 11.8 Å². The third-order valence-corrected chi connectivity index (χ3v) is 4.14. The minimum absolute atomic E-state index is 0.187. The van der Waals surface area contributed by atoms with Gasteiger partial charge in [-0.3, -0.25) is 9.78 Å². The molecule has 0 bridgehead atoms. The molecule has 0 saturated carbocycles. The van der Waals surface area contributed by atoms with Crippen molar-refractivity contribution in [3.05, 3.63) is 53.5 Å². The monoisotopic (exact) mass is 310 g/mol. The van der Waals surface area contributed by atoms with Crippen LogP contribution >= 0.6 is 0 Å². The number of carbonyl (C=O) groups excluding carboxylic acids is 1. The van der Waals surface area contributed by atoms with Crippen molar-refractivity contribution in [2.24, 2.45) is 5.92 Å². The van der Waals surface area contributed by atoms with Crippen LogP contribution in [0, 0.1) is 12.8 Å². The molecule has 5 nitrogen and oxygen atoms in total. The number of hydrogen-bond acceptors (Lipinski definition) is 4. The van der Waals surface area contributed by atoms with Crippen molar-refractivity contribution < 1.29 is 4.79 Å². The summed E-state index contributed by atoms with van der Waals surface area (Å²) in [6.45, 7) is 6.71. The predicted octanol–water partition coefficient (Wildman–Crippen LogP) is 2.56. The van der Waals surface area contributed by atoms with Crippen molar-refractivity contribution in [1.29, 1.82) is 0 Å². The van der Waals surface area contributed by atoms with E-state index >= 15 is 0 Å². The minimum atomic E-state index is -0.187. The lowest BCUT2D eigenvalue weighted by Gasteiger charge is -2.16. The van der Waals surface area contributed by atoms with Gasteiger partial charge in [0.1, 0.15) is 11.5 Å². The van der Waals surface area contributed by atoms with Crippen LogP contribution in [0.15, 0.2) is 36.7 Å². The first kappa shape index (κ1) is 15.5. The second-order valence-corrected chi connectivity index (χ2v) is 6.27. The van der Waals surface area contributed by atoms with E-state index in [-0.39, 0.29) is 5.91 Å². The molecule has 3 rings (SSSR count). The summed E-state index contributed by atoms with van der Waals surface area (Å²) in [6.07, 6.45) is 4.41. The molecule has 1 aliphatic rings. The van der Waals surface area contributed by atoms with Crippen LogP contribution in [0.1, 0.15) is 35.0 Å². The van der Waals surface area contributed by atoms with Crippen LogP contribution in [0.4, 0.5) is 5.82 Å². The van der Waals surface area contributed by atoms with Crippen LogP contribution in [0.3, 0.4) is 0 Å². The first-order valence-electron chi connectivity index (χ1n) is 8.02. The zero-order valence-electron chi connectivity index (χ0n) is 13.6. The Morgan fingerprint density at radius 1 is 1.39 bits per heavy atom. The molecule has 1 saturated heterocycles. The summed E-state index contributed by atoms with van der Waals surface area (Å²) < 4.78 is 0. The van der Waals surface area contributed by atoms with Gasteiger partial charge in [-0.25, -0.2) is 4.98 Å². The lowest BCUT2D eigenvalue weighted by molar-refractivity contribution is 0.0945. The molecule has 0 spiro atoms. The topological polar surface area (TPSA) is 58.1 Å². The number of amides is 1. The molecule has 1 aliphatic heterocycles. The fourth-order valence-corrected chi connectivity index (χ4v) is 2.86. The number of rotatable bonds is 4. The second-order valence-electron chi connectivity index (χ2n) is 6.27. The van der Waals surface area contributed by atoms with E-state index in [0.717, 1.165) is 30.9 Å². The Bertz CT molecular complexity index is 701. The van der Waals surface area contributed by atoms with Gasteiger partial charge >= 0.3 is 0 Å². The van der Waals surface area contributed by atoms with Crippen molar-refractivity contribution in [1.82, 2.24) is 15.3 Å². The largest absolute Gasteiger partial charge is 0.355 e. The number of carbonyl (C=O) groups is 1. The van der Waals surface area contributed by atoms with Gasteiger partial charge in [0.2, 0.25) is 0 Å². The van der Waals surface area contributed by atoms with Crippen molar-refractivity contribution in [2.45, 2.75) is 26.8 Å². The Kier molecular flexibility index (Phi) is 4.55. The van der Waals surface area contributed by atoms with Crippen LogP contribution in [-0.4, -0.2) is 29.0 Å². The maximum absolute atomic E-state index is 12.3. The maximum Gasteiger partial charge on any atom is 0.271 e. The lowest BCUT2D eigenvalue weighted by atomic mass is 10.1. The zero-order valence-corrected chi connectivity index (χ0v) is 13.6. The van der Waals surface area contributed by atoms with Gasteiger partial charge in [0.05, 0.1) is 12.4 Å². The van der Waals surface area contributed by atoms with Crippen LogP contribution in [0.2, 0.25) is 0 Å². The highest BCUT2D eigenvalue weighted by atomic mass is 16.1. The van der Waals surface area contributed by atoms with Gasteiger partial charge in [-0.2, -0.15) is 0 Å². The molecule has 1 N–H and O–H groups in total. The molecule has 1 unspecified atom stereocenters. The van der Waals surface area contributed by atoms with E-state index in [1.807, 2.05) is 25.1 Å². The van der Waals surface area contributed by atoms with Crippen LogP contribution in [0.5, 0.6) is 0 Å². The summed E-state index contributed by atoms with van der Waals surface area (Å²) in [5, 5.41) is 2.91. The molecule has 0 aliphatic carbocycles. The standard InChI is InChI=1S/C18H22N4O/c1-13-4-3-5-15(8-13)9-20-18(23)16-10-19-11-17(21-16)22-7-6-14(2)12-22/h3-5,8,10-11,14H,6-7,9,12H2,1-2H3,(H,20,23). The minimum Gasteiger partial charge on any atom is -0.355 e. The van der Waals surface area contributed by atoms with E-state index in [9.17, 15) is 4.79 Å². The first-order valence-corrected chi connectivity index (χ1v) is 8.02. The van der Waals surface area contributed by atoms with Gasteiger partial charge in [0.15, 0.2) is 0 Å². The van der Waals surface area contributed by atoms with Gasteiger partial charge < -0.3 is 10.2 Å². The van der Waals surface area contributed by atoms with Gasteiger partial charge in [0, 0.05) is 19.6 Å². The Hall–Kier alpha value is -2.43. The molecular weight excluding hydrogens is 288 g/mol. The van der Waals surface area contributed by atoms with E-state index in [2.05, 4.69) is 33.2 Å². The molecule has 5 heteroatoms. The molecule has 120 valence electrons. The third kappa shape index (κ3) is 3.86. The summed E-state index contributed by atoms with van der Waals surface area (Å²) >= 11 is 0. The Balaban J connectivity index is 1.65. The van der Waals surface area contributed by atoms with E-state index < -0.39 is 0 Å². The Labute approximate surface area is 136 Å². The summed E-state index contributed by atoms with van der Waals surface area (Å²) in [5.74, 6) is 1.27. The van der Waals surface area contributed by atoms with Crippen molar-refractivity contribution >= 4 is 11.7 Å². The number of anilines is 1. The molecule has 1 aromatic heterocycles. The molecule has 1 fully saturated rings. The fourth-order valence-electron chi connectivity index (χ4n) is 2.86. The highest BCUT2D eigenvalue weighted by molar-refractivity contribution is 5.92. The summed E-state index contributed by atoms with van der Waals surface area (Å²) in [7, 11) is 0. The summed E-state index contributed by atoms with van der Waals surface area (Å²) in [5.41, 5.74) is 2.63. The average molecular weight is 310 g/mol. The second kappa shape index (κ2) is 6.77. The number of nitrogens with one attached hydrogen (secondary N) is 1. The summed E-state index contributed by atoms with van der Waals surface area (Å²) in [4.78, 5) is 23.1. The third-order valence-electron chi connectivity index (χ3n) is 4.14. The molecular formula is C18H22N4O. The van der Waals surface area contributed by atoms with E-state index in [0.29, 0.717) is 18.2 Å². The number of aromatic nitrogens is 2. The van der Waals surface area contributed by atoms with E-state index in [1.54, 1.807) is 6.20 Å². The Morgan fingerprint density at radius 2 is 2.26 bits per heavy atom. The molecule has 1 atom stereocenters. The quantitative estimate of drug-likeness (QED) is 0.943. The normalized spacial score (nSPS) is 17.3. The van der Waals surface area contributed by atoms with Gasteiger partial charge in [-0.05, 0) is 24.8 Å². The molecule has 2 aromatic rings. The highest BCUT2D eigenvalue weighted by Gasteiger charge is 2.21. The van der Waals surface area contributed by atoms with Gasteiger partial charge in [-0.15, -0.1) is 0 Å². The van der Waals surface area contributed by atoms with Crippen LogP contribution in [0.25, 0.3) is 0 Å². The maximum atomic E-state index is 12.3. The van der Waals surface area contributed by atoms with Crippen molar-refractivity contribution in [3.8, 4) is 0 Å². The zero-order chi connectivity index (χ0) is 16.2. The molecule has 1 amide bonds. The molecule has 1 aromatic carbocycles. The SMILES string of the molecule is Cc1cccc(CNC(=O)c2cncc(N3CCC(C)C3)n2)c1. The molecule has 2 heterocycles. The number of benzene rings is 1. The number of aryl methyl sites for hydroxylation is 1. The highest BCUT2D eigenvalue weighted by Crippen LogP contribution is 2.21. The van der Waals surface area contributed by atoms with Gasteiger partial charge in [0.25, 0.3) is 5.91 Å². The first-order chi connectivity index (χ1) is 11.1. The van der Waals surface area contributed by atoms with E-state index in [4.69, 9.17) is 0 Å². The smallest absolute Gasteiger partial charge is 0.271 e. The fraction of sp³-hybridized carbons (Fsp3) is 0.389. The Morgan fingerprint density at radius 3 is 3.00 bits per heavy atom. The number of hydrogen-bond donors (Lipinski definition) is 1. The van der Waals surface area contributed by atoms with Crippen LogP contribution in [-0.2, 0) is 6.54 Å². The van der Waals surface area contributed by atoms with Gasteiger partial charge in [-0.1, -0.05) is 36.8 Å². The lowest BCUT2D eigenvalue weighted by Crippen LogP contribution is -2.26. The molecule has 23 heavy (non-hydrogen) atoms. The van der Waals surface area contributed by atoms with Crippen molar-refractivity contribution in [2.75, 3.05) is 18.0 Å². The number of nitrogens with zero attached hydrogens (tertiary/aromatic N) is 3. The molecule has 0 radical (unpaired) electrons. The predicted molar refractivity (Wildman–Crippen MR) is 90.4 cm³/mol. The van der Waals surface area contributed by atoms with Crippen LogP contribution < -0.4 is 10.2 Å². The average Bonchev–Trinajstić information content (AvgIpc) is 2.99. The van der Waals surface area contributed by atoms with Crippen molar-refractivity contribution in [3.63, 3.8) is 0 Å². The summed E-state index contributed by atoms with van der Waals surface area (Å²) in [6, 6.07) is 8.10.